The van der Waals surface area contributed by atoms with Gasteiger partial charge in [0.05, 0.1) is 32.3 Å². The fraction of sp³-hybridized carbons (Fsp3) is 0.562. The number of rotatable bonds is 10. The third-order valence-corrected chi connectivity index (χ3v) is 3.01. The van der Waals surface area contributed by atoms with Crippen molar-refractivity contribution in [2.45, 2.75) is 46.7 Å². The van der Waals surface area contributed by atoms with Gasteiger partial charge >= 0.3 is 5.97 Å². The minimum absolute atomic E-state index is 0.106. The van der Waals surface area contributed by atoms with Gasteiger partial charge in [0.15, 0.2) is 5.78 Å². The fourth-order valence-electron chi connectivity index (χ4n) is 1.61. The molecule has 24 heavy (non-hydrogen) atoms. The number of amides is 1. The first-order chi connectivity index (χ1) is 11.4. The number of aromatic nitrogens is 3. The van der Waals surface area contributed by atoms with Crippen LogP contribution in [0.15, 0.2) is 18.3 Å². The molecular formula is C16H24N4O4. The SMILES string of the molecule is CCCOC(=O)CCn1cc(CNC(=O)/C=C/C(=O)C(C)C)nn1. The van der Waals surface area contributed by atoms with Crippen molar-refractivity contribution >= 4 is 17.7 Å². The lowest BCUT2D eigenvalue weighted by Gasteiger charge is -2.02. The predicted molar refractivity (Wildman–Crippen MR) is 86.7 cm³/mol. The summed E-state index contributed by atoms with van der Waals surface area (Å²) in [4.78, 5) is 34.4. The minimum Gasteiger partial charge on any atom is -0.466 e. The number of carbonyl (C=O) groups is 3. The molecule has 1 aromatic heterocycles. The van der Waals surface area contributed by atoms with Crippen LogP contribution in [0.5, 0.6) is 0 Å². The van der Waals surface area contributed by atoms with Crippen LogP contribution in [0.3, 0.4) is 0 Å². The smallest absolute Gasteiger partial charge is 0.307 e. The molecule has 1 aromatic rings. The van der Waals surface area contributed by atoms with Crippen molar-refractivity contribution in [3.63, 3.8) is 0 Å². The summed E-state index contributed by atoms with van der Waals surface area (Å²) >= 11 is 0. The maximum atomic E-state index is 11.6. The number of esters is 1. The van der Waals surface area contributed by atoms with E-state index >= 15 is 0 Å². The third-order valence-electron chi connectivity index (χ3n) is 3.01. The molecule has 0 atom stereocenters. The molecule has 0 aliphatic rings. The van der Waals surface area contributed by atoms with E-state index in [0.29, 0.717) is 18.8 Å². The second kappa shape index (κ2) is 10.3. The van der Waals surface area contributed by atoms with Crippen LogP contribution >= 0.6 is 0 Å². The van der Waals surface area contributed by atoms with E-state index in [-0.39, 0.29) is 36.5 Å². The summed E-state index contributed by atoms with van der Waals surface area (Å²) < 4.78 is 6.49. The van der Waals surface area contributed by atoms with Crippen molar-refractivity contribution < 1.29 is 19.1 Å². The molecule has 0 spiro atoms. The first-order valence-corrected chi connectivity index (χ1v) is 7.96. The van der Waals surface area contributed by atoms with Gasteiger partial charge in [0.2, 0.25) is 5.91 Å². The third kappa shape index (κ3) is 7.66. The van der Waals surface area contributed by atoms with Gasteiger partial charge in [0, 0.05) is 12.0 Å². The molecule has 0 aliphatic heterocycles. The maximum Gasteiger partial charge on any atom is 0.307 e. The van der Waals surface area contributed by atoms with E-state index in [4.69, 9.17) is 4.74 Å². The molecule has 1 amide bonds. The van der Waals surface area contributed by atoms with Gasteiger partial charge in [-0.1, -0.05) is 26.0 Å². The number of allylic oxidation sites excluding steroid dienone is 1. The number of ether oxygens (including phenoxy) is 1. The number of carbonyl (C=O) groups excluding carboxylic acids is 3. The highest BCUT2D eigenvalue weighted by atomic mass is 16.5. The highest BCUT2D eigenvalue weighted by molar-refractivity contribution is 5.98. The second-order valence-electron chi connectivity index (χ2n) is 5.55. The topological polar surface area (TPSA) is 103 Å². The molecule has 8 nitrogen and oxygen atoms in total. The monoisotopic (exact) mass is 336 g/mol. The van der Waals surface area contributed by atoms with E-state index in [0.717, 1.165) is 6.42 Å². The molecule has 0 saturated heterocycles. The van der Waals surface area contributed by atoms with Gasteiger partial charge in [-0.25, -0.2) is 0 Å². The Hall–Kier alpha value is -2.51. The summed E-state index contributed by atoms with van der Waals surface area (Å²) in [5.74, 6) is -0.895. The summed E-state index contributed by atoms with van der Waals surface area (Å²) in [5.41, 5.74) is 0.564. The average Bonchev–Trinajstić information content (AvgIpc) is 3.01. The highest BCUT2D eigenvalue weighted by Crippen LogP contribution is 1.98. The van der Waals surface area contributed by atoms with Crippen LogP contribution < -0.4 is 5.32 Å². The van der Waals surface area contributed by atoms with Gasteiger partial charge in [-0.05, 0) is 12.5 Å². The van der Waals surface area contributed by atoms with Crippen LogP contribution in [-0.2, 0) is 32.2 Å². The average molecular weight is 336 g/mol. The van der Waals surface area contributed by atoms with Crippen LogP contribution in [0, 0.1) is 5.92 Å². The Kier molecular flexibility index (Phi) is 8.38. The fourth-order valence-corrected chi connectivity index (χ4v) is 1.61. The van der Waals surface area contributed by atoms with Crippen molar-refractivity contribution in [3.8, 4) is 0 Å². The van der Waals surface area contributed by atoms with Gasteiger partial charge in [-0.15, -0.1) is 5.10 Å². The van der Waals surface area contributed by atoms with Crippen LogP contribution in [0.1, 0.15) is 39.3 Å². The standard InChI is InChI=1S/C16H24N4O4/c1-4-9-24-16(23)7-8-20-11-13(18-19-20)10-17-15(22)6-5-14(21)12(2)3/h5-6,11-12H,4,7-10H2,1-3H3,(H,17,22)/b6-5+. The Bertz CT molecular complexity index is 593. The van der Waals surface area contributed by atoms with E-state index in [1.807, 2.05) is 6.92 Å². The lowest BCUT2D eigenvalue weighted by molar-refractivity contribution is -0.144. The Labute approximate surface area is 141 Å². The Morgan fingerprint density at radius 2 is 2.08 bits per heavy atom. The molecule has 132 valence electrons. The van der Waals surface area contributed by atoms with Gasteiger partial charge in [-0.3, -0.25) is 19.1 Å². The molecule has 8 heteroatoms. The summed E-state index contributed by atoms with van der Waals surface area (Å²) in [6.45, 7) is 6.44. The maximum absolute atomic E-state index is 11.6. The van der Waals surface area contributed by atoms with Crippen molar-refractivity contribution in [1.82, 2.24) is 20.3 Å². The number of ketones is 1. The summed E-state index contributed by atoms with van der Waals surface area (Å²) in [5, 5.41) is 10.4. The number of hydrogen-bond acceptors (Lipinski definition) is 6. The molecule has 0 fully saturated rings. The molecule has 1 heterocycles. The van der Waals surface area contributed by atoms with Gasteiger partial charge in [0.1, 0.15) is 5.69 Å². The van der Waals surface area contributed by atoms with Crippen LogP contribution in [0.4, 0.5) is 0 Å². The van der Waals surface area contributed by atoms with Crippen molar-refractivity contribution in [2.75, 3.05) is 6.61 Å². The zero-order valence-corrected chi connectivity index (χ0v) is 14.3. The van der Waals surface area contributed by atoms with Gasteiger partial charge in [0.25, 0.3) is 0 Å². The van der Waals surface area contributed by atoms with Crippen molar-refractivity contribution in [2.24, 2.45) is 5.92 Å². The molecule has 0 radical (unpaired) electrons. The zero-order chi connectivity index (χ0) is 17.9. The molecular weight excluding hydrogens is 312 g/mol. The van der Waals surface area contributed by atoms with Gasteiger partial charge in [-0.2, -0.15) is 0 Å². The van der Waals surface area contributed by atoms with Crippen LogP contribution in [0.25, 0.3) is 0 Å². The number of nitrogens with zero attached hydrogens (tertiary/aromatic N) is 3. The Balaban J connectivity index is 2.35. The van der Waals surface area contributed by atoms with Crippen LogP contribution in [0.2, 0.25) is 0 Å². The number of hydrogen-bond donors (Lipinski definition) is 1. The molecule has 1 rings (SSSR count). The number of aryl methyl sites for hydroxylation is 1. The highest BCUT2D eigenvalue weighted by Gasteiger charge is 2.07. The van der Waals surface area contributed by atoms with E-state index in [9.17, 15) is 14.4 Å². The molecule has 0 unspecified atom stereocenters. The van der Waals surface area contributed by atoms with Crippen LogP contribution in [-0.4, -0.2) is 39.3 Å². The quantitative estimate of drug-likeness (QED) is 0.505. The van der Waals surface area contributed by atoms with E-state index in [1.165, 1.54) is 16.8 Å². The van der Waals surface area contributed by atoms with E-state index < -0.39 is 0 Å². The first-order valence-electron chi connectivity index (χ1n) is 7.96. The Morgan fingerprint density at radius 3 is 2.75 bits per heavy atom. The lowest BCUT2D eigenvalue weighted by Crippen LogP contribution is -2.21. The van der Waals surface area contributed by atoms with Crippen molar-refractivity contribution in [3.05, 3.63) is 24.0 Å². The van der Waals surface area contributed by atoms with E-state index in [2.05, 4.69) is 15.6 Å². The van der Waals surface area contributed by atoms with E-state index in [1.54, 1.807) is 20.0 Å². The predicted octanol–water partition coefficient (Wildman–Crippen LogP) is 1.02. The summed E-state index contributed by atoms with van der Waals surface area (Å²) in [7, 11) is 0. The Morgan fingerprint density at radius 1 is 1.33 bits per heavy atom. The summed E-state index contributed by atoms with van der Waals surface area (Å²) in [6.07, 6.45) is 5.12. The molecule has 0 saturated carbocycles. The zero-order valence-electron chi connectivity index (χ0n) is 14.3. The largest absolute Gasteiger partial charge is 0.466 e. The second-order valence-corrected chi connectivity index (χ2v) is 5.55. The van der Waals surface area contributed by atoms with Gasteiger partial charge < -0.3 is 10.1 Å². The summed E-state index contributed by atoms with van der Waals surface area (Å²) in [6, 6.07) is 0. The normalized spacial score (nSPS) is 11.0. The molecule has 1 N–H and O–H groups in total. The lowest BCUT2D eigenvalue weighted by atomic mass is 10.1. The molecule has 0 aromatic carbocycles. The van der Waals surface area contributed by atoms with Crippen molar-refractivity contribution in [1.29, 1.82) is 0 Å². The minimum atomic E-state index is -0.373. The number of nitrogens with one attached hydrogen (secondary N) is 1. The first kappa shape index (κ1) is 19.5. The molecule has 0 bridgehead atoms. The molecule has 0 aliphatic carbocycles.